The van der Waals surface area contributed by atoms with Crippen molar-refractivity contribution in [2.45, 2.75) is 57.0 Å². The average Bonchev–Trinajstić information content (AvgIpc) is 3.67. The lowest BCUT2D eigenvalue weighted by molar-refractivity contribution is -0.138. The van der Waals surface area contributed by atoms with Crippen LogP contribution in [0.4, 0.5) is 5.69 Å². The highest BCUT2D eigenvalue weighted by molar-refractivity contribution is 7.89. The minimum absolute atomic E-state index is 0.0127. The van der Waals surface area contributed by atoms with Crippen LogP contribution in [0.3, 0.4) is 0 Å². The Kier molecular flexibility index (Phi) is 8.33. The van der Waals surface area contributed by atoms with Gasteiger partial charge in [0.25, 0.3) is 0 Å². The number of aliphatic imine (C=N–C) groups is 1. The van der Waals surface area contributed by atoms with Gasteiger partial charge in [0.05, 0.1) is 10.9 Å². The van der Waals surface area contributed by atoms with Crippen molar-refractivity contribution < 1.29 is 18.3 Å². The first-order chi connectivity index (χ1) is 18.6. The molecule has 202 valence electrons. The number of carboxylic acid groups (broad SMARTS) is 1. The molecule has 3 aromatic carbocycles. The number of guanidine groups is 1. The van der Waals surface area contributed by atoms with Gasteiger partial charge in [-0.3, -0.25) is 10.1 Å². The van der Waals surface area contributed by atoms with Gasteiger partial charge in [0, 0.05) is 5.69 Å². The van der Waals surface area contributed by atoms with Gasteiger partial charge in [-0.2, -0.15) is 9.98 Å². The quantitative estimate of drug-likeness (QED) is 0.136. The Morgan fingerprint density at radius 1 is 1.05 bits per heavy atom. The van der Waals surface area contributed by atoms with Crippen LogP contribution >= 0.6 is 0 Å². The molecule has 0 aromatic heterocycles. The largest absolute Gasteiger partial charge is 0.480 e. The molecule has 0 spiro atoms. The zero-order valence-electron chi connectivity index (χ0n) is 22.0. The van der Waals surface area contributed by atoms with Crippen molar-refractivity contribution in [3.05, 3.63) is 82.9 Å². The van der Waals surface area contributed by atoms with Gasteiger partial charge in [-0.15, -0.1) is 0 Å². The van der Waals surface area contributed by atoms with Crippen LogP contribution in [0.2, 0.25) is 0 Å². The molecule has 0 unspecified atom stereocenters. The first-order valence-electron chi connectivity index (χ1n) is 12.6. The van der Waals surface area contributed by atoms with Crippen molar-refractivity contribution in [1.29, 1.82) is 5.26 Å². The Morgan fingerprint density at radius 3 is 2.31 bits per heavy atom. The Morgan fingerprint density at radius 2 is 1.72 bits per heavy atom. The van der Waals surface area contributed by atoms with E-state index in [0.717, 1.165) is 35.2 Å². The molecule has 1 fully saturated rings. The number of hydrogen-bond donors (Lipinski definition) is 4. The minimum Gasteiger partial charge on any atom is -0.480 e. The number of aliphatic carboxylic acids is 1. The summed E-state index contributed by atoms with van der Waals surface area (Å²) in [4.78, 5) is 16.6. The number of sulfonamides is 1. The van der Waals surface area contributed by atoms with Crippen molar-refractivity contribution in [3.63, 3.8) is 0 Å². The fraction of sp³-hybridized carbons (Fsp3) is 0.276. The average molecular weight is 546 g/mol. The van der Waals surface area contributed by atoms with Gasteiger partial charge in [-0.25, -0.2) is 13.4 Å². The lowest BCUT2D eigenvalue weighted by atomic mass is 10.0. The SMILES string of the molecule is Cc1cc(C)c(S(=O)(=O)N[C@@H](Cc2ccc(-c3cccc(NC(=NC4CC4)NC#N)c3)cc2)C(=O)O)c(C)c1. The third-order valence-electron chi connectivity index (χ3n) is 6.35. The van der Waals surface area contributed by atoms with E-state index in [4.69, 9.17) is 5.26 Å². The van der Waals surface area contributed by atoms with Gasteiger partial charge in [-0.1, -0.05) is 54.1 Å². The lowest BCUT2D eigenvalue weighted by Gasteiger charge is -2.18. The standard InChI is InChI=1S/C29H31N5O4S/c1-18-13-19(2)27(20(3)14-18)39(37,38)34-26(28(35)36)15-21-7-9-22(10-8-21)23-5-4-6-25(16-23)33-29(31-17-30)32-24-11-12-24/h4-10,13-14,16,24,26,34H,11-12,15H2,1-3H3,(H,35,36)(H2,31,32,33)/t26-/m0/s1. The van der Waals surface area contributed by atoms with Crippen LogP contribution in [0, 0.1) is 32.2 Å². The number of anilines is 1. The number of nitrogens with one attached hydrogen (secondary N) is 3. The second kappa shape index (κ2) is 11.7. The molecule has 0 heterocycles. The predicted octanol–water partition coefficient (Wildman–Crippen LogP) is 4.25. The number of benzene rings is 3. The highest BCUT2D eigenvalue weighted by atomic mass is 32.2. The molecule has 0 aliphatic heterocycles. The van der Waals surface area contributed by atoms with Gasteiger partial charge < -0.3 is 10.4 Å². The second-order valence-corrected chi connectivity index (χ2v) is 11.4. The molecule has 4 rings (SSSR count). The van der Waals surface area contributed by atoms with Crippen LogP contribution < -0.4 is 15.4 Å². The molecule has 3 aromatic rings. The van der Waals surface area contributed by atoms with E-state index in [2.05, 4.69) is 20.3 Å². The Bertz CT molecular complexity index is 1530. The summed E-state index contributed by atoms with van der Waals surface area (Å²) in [5.74, 6) is -0.843. The molecule has 1 saturated carbocycles. The van der Waals surface area contributed by atoms with E-state index in [9.17, 15) is 18.3 Å². The predicted molar refractivity (Wildman–Crippen MR) is 151 cm³/mol. The molecule has 0 bridgehead atoms. The maximum absolute atomic E-state index is 13.1. The van der Waals surface area contributed by atoms with Gasteiger partial charge in [0.15, 0.2) is 6.19 Å². The van der Waals surface area contributed by atoms with Crippen LogP contribution in [0.15, 0.2) is 70.6 Å². The van der Waals surface area contributed by atoms with E-state index in [0.29, 0.717) is 22.6 Å². The maximum Gasteiger partial charge on any atom is 0.322 e. The first-order valence-corrected chi connectivity index (χ1v) is 14.1. The molecule has 0 radical (unpaired) electrons. The Labute approximate surface area is 228 Å². The van der Waals surface area contributed by atoms with E-state index < -0.39 is 22.0 Å². The molecular formula is C29H31N5O4S. The van der Waals surface area contributed by atoms with Crippen LogP contribution in [0.1, 0.15) is 35.1 Å². The maximum atomic E-state index is 13.1. The summed E-state index contributed by atoms with van der Waals surface area (Å²) in [7, 11) is -4.05. The van der Waals surface area contributed by atoms with Crippen molar-refractivity contribution >= 4 is 27.6 Å². The summed E-state index contributed by atoms with van der Waals surface area (Å²) in [6.45, 7) is 5.29. The second-order valence-electron chi connectivity index (χ2n) is 9.79. The number of nitriles is 1. The number of carbonyl (C=O) groups is 1. The molecule has 1 atom stereocenters. The smallest absolute Gasteiger partial charge is 0.322 e. The van der Waals surface area contributed by atoms with Crippen LogP contribution in [-0.2, 0) is 21.2 Å². The third kappa shape index (κ3) is 7.22. The zero-order valence-corrected chi connectivity index (χ0v) is 22.8. The Balaban J connectivity index is 1.49. The summed E-state index contributed by atoms with van der Waals surface area (Å²) in [6.07, 6.45) is 3.92. The van der Waals surface area contributed by atoms with Gasteiger partial charge >= 0.3 is 5.97 Å². The highest BCUT2D eigenvalue weighted by Crippen LogP contribution is 2.26. The van der Waals surface area contributed by atoms with E-state index in [1.807, 2.05) is 49.5 Å². The number of rotatable bonds is 9. The summed E-state index contributed by atoms with van der Waals surface area (Å²) >= 11 is 0. The summed E-state index contributed by atoms with van der Waals surface area (Å²) < 4.78 is 28.6. The lowest BCUT2D eigenvalue weighted by Crippen LogP contribution is -2.42. The monoisotopic (exact) mass is 545 g/mol. The van der Waals surface area contributed by atoms with E-state index in [-0.39, 0.29) is 17.4 Å². The van der Waals surface area contributed by atoms with Crippen molar-refractivity contribution in [1.82, 2.24) is 10.0 Å². The number of hydrogen-bond acceptors (Lipinski definition) is 5. The van der Waals surface area contributed by atoms with Gasteiger partial charge in [0.2, 0.25) is 16.0 Å². The molecule has 9 nitrogen and oxygen atoms in total. The number of aryl methyl sites for hydroxylation is 3. The van der Waals surface area contributed by atoms with Crippen molar-refractivity contribution in [3.8, 4) is 17.3 Å². The number of carboxylic acids is 1. The van der Waals surface area contributed by atoms with Crippen LogP contribution in [0.25, 0.3) is 11.1 Å². The van der Waals surface area contributed by atoms with Gasteiger partial charge in [-0.05, 0) is 80.0 Å². The highest BCUT2D eigenvalue weighted by Gasteiger charge is 2.28. The van der Waals surface area contributed by atoms with E-state index >= 15 is 0 Å². The molecule has 10 heteroatoms. The summed E-state index contributed by atoms with van der Waals surface area (Å²) in [6, 6.07) is 17.4. The molecule has 1 aliphatic carbocycles. The summed E-state index contributed by atoms with van der Waals surface area (Å²) in [5.41, 5.74) is 5.33. The normalized spacial score (nSPS) is 14.4. The fourth-order valence-electron chi connectivity index (χ4n) is 4.53. The van der Waals surface area contributed by atoms with Gasteiger partial charge in [0.1, 0.15) is 6.04 Å². The molecule has 4 N–H and O–H groups in total. The first kappa shape index (κ1) is 27.8. The van der Waals surface area contributed by atoms with Crippen molar-refractivity contribution in [2.75, 3.05) is 5.32 Å². The zero-order chi connectivity index (χ0) is 28.2. The minimum atomic E-state index is -4.05. The molecule has 39 heavy (non-hydrogen) atoms. The third-order valence-corrected chi connectivity index (χ3v) is 8.13. The molecule has 1 aliphatic rings. The molecule has 0 amide bonds. The van der Waals surface area contributed by atoms with E-state index in [1.165, 1.54) is 0 Å². The van der Waals surface area contributed by atoms with E-state index in [1.54, 1.807) is 38.1 Å². The topological polar surface area (TPSA) is 144 Å². The fourth-order valence-corrected chi connectivity index (χ4v) is 6.18. The van der Waals surface area contributed by atoms with Crippen LogP contribution in [-0.4, -0.2) is 37.5 Å². The van der Waals surface area contributed by atoms with Crippen LogP contribution in [0.5, 0.6) is 0 Å². The van der Waals surface area contributed by atoms with Crippen molar-refractivity contribution in [2.24, 2.45) is 4.99 Å². The summed E-state index contributed by atoms with van der Waals surface area (Å²) in [5, 5.41) is 24.5. The number of nitrogens with zero attached hydrogens (tertiary/aromatic N) is 2. The molecular weight excluding hydrogens is 514 g/mol. The molecule has 0 saturated heterocycles. The Hall–Kier alpha value is -4.20.